The van der Waals surface area contributed by atoms with Crippen LogP contribution in [-0.2, 0) is 0 Å². The second-order valence-corrected chi connectivity index (χ2v) is 5.87. The number of carbonyl (C=O) groups excluding carboxylic acids is 1. The predicted molar refractivity (Wildman–Crippen MR) is 82.4 cm³/mol. The van der Waals surface area contributed by atoms with Crippen molar-refractivity contribution in [3.63, 3.8) is 0 Å². The van der Waals surface area contributed by atoms with Crippen molar-refractivity contribution in [2.45, 2.75) is 51.9 Å². The summed E-state index contributed by atoms with van der Waals surface area (Å²) < 4.78 is 0. The van der Waals surface area contributed by atoms with Crippen molar-refractivity contribution in [2.75, 3.05) is 6.54 Å². The second kappa shape index (κ2) is 5.82. The lowest BCUT2D eigenvalue weighted by Crippen LogP contribution is -2.26. The minimum absolute atomic E-state index is 0.214. The summed E-state index contributed by atoms with van der Waals surface area (Å²) in [6.45, 7) is 3.10. The minimum Gasteiger partial charge on any atom is -0.308 e. The standard InChI is InChI=1S/C18H23NO/c1-2-3-4-7-13-19-17(14-9-8-10-14)15-11-5-6-12-16(15)18(19)20/h5-6,11-12H,2-4,7-10,13H2,1H3. The van der Waals surface area contributed by atoms with Gasteiger partial charge in [-0.3, -0.25) is 4.79 Å². The molecule has 20 heavy (non-hydrogen) atoms. The molecule has 0 bridgehead atoms. The van der Waals surface area contributed by atoms with Gasteiger partial charge in [0.1, 0.15) is 0 Å². The molecule has 1 aromatic rings. The molecule has 1 aliphatic carbocycles. The van der Waals surface area contributed by atoms with Crippen LogP contribution < -0.4 is 0 Å². The van der Waals surface area contributed by atoms with Gasteiger partial charge in [0.15, 0.2) is 0 Å². The van der Waals surface area contributed by atoms with E-state index in [0.717, 1.165) is 18.5 Å². The molecule has 0 unspecified atom stereocenters. The zero-order valence-corrected chi connectivity index (χ0v) is 12.3. The third kappa shape index (κ3) is 2.28. The predicted octanol–water partition coefficient (Wildman–Crippen LogP) is 4.62. The van der Waals surface area contributed by atoms with Crippen LogP contribution in [0.1, 0.15) is 67.8 Å². The summed E-state index contributed by atoms with van der Waals surface area (Å²) in [5, 5.41) is 0. The summed E-state index contributed by atoms with van der Waals surface area (Å²) in [5.74, 6) is 0.214. The van der Waals surface area contributed by atoms with Gasteiger partial charge >= 0.3 is 0 Å². The Hall–Kier alpha value is -1.57. The van der Waals surface area contributed by atoms with E-state index in [2.05, 4.69) is 17.9 Å². The molecular weight excluding hydrogens is 246 g/mol. The van der Waals surface area contributed by atoms with Crippen molar-refractivity contribution in [1.29, 1.82) is 0 Å². The van der Waals surface area contributed by atoms with Crippen LogP contribution in [0.3, 0.4) is 0 Å². The van der Waals surface area contributed by atoms with E-state index in [-0.39, 0.29) is 5.91 Å². The Morgan fingerprint density at radius 2 is 1.80 bits per heavy atom. The molecule has 0 spiro atoms. The normalized spacial score (nSPS) is 17.4. The number of fused-ring (bicyclic) bond motifs is 1. The summed E-state index contributed by atoms with van der Waals surface area (Å²) in [6.07, 6.45) is 8.45. The summed E-state index contributed by atoms with van der Waals surface area (Å²) in [5.41, 5.74) is 4.80. The van der Waals surface area contributed by atoms with Crippen molar-refractivity contribution in [3.05, 3.63) is 41.0 Å². The largest absolute Gasteiger partial charge is 0.308 e. The van der Waals surface area contributed by atoms with Crippen LogP contribution in [0.5, 0.6) is 0 Å². The Bertz CT molecular complexity index is 538. The highest BCUT2D eigenvalue weighted by molar-refractivity contribution is 6.09. The average molecular weight is 269 g/mol. The number of amides is 1. The molecule has 0 radical (unpaired) electrons. The quantitative estimate of drug-likeness (QED) is 0.714. The van der Waals surface area contributed by atoms with E-state index in [1.54, 1.807) is 0 Å². The molecule has 1 fully saturated rings. The second-order valence-electron chi connectivity index (χ2n) is 5.87. The van der Waals surface area contributed by atoms with Gasteiger partial charge in [-0.2, -0.15) is 0 Å². The third-order valence-corrected chi connectivity index (χ3v) is 4.45. The number of unbranched alkanes of at least 4 members (excludes halogenated alkanes) is 3. The lowest BCUT2D eigenvalue weighted by atomic mass is 9.88. The number of allylic oxidation sites excluding steroid dienone is 1. The van der Waals surface area contributed by atoms with Gasteiger partial charge in [-0.25, -0.2) is 0 Å². The van der Waals surface area contributed by atoms with E-state index in [0.29, 0.717) is 0 Å². The van der Waals surface area contributed by atoms with E-state index < -0.39 is 0 Å². The Morgan fingerprint density at radius 1 is 1.05 bits per heavy atom. The summed E-state index contributed by atoms with van der Waals surface area (Å²) in [6, 6.07) is 8.11. The van der Waals surface area contributed by atoms with Crippen molar-refractivity contribution >= 4 is 11.6 Å². The first-order valence-electron chi connectivity index (χ1n) is 7.96. The molecule has 1 aliphatic heterocycles. The van der Waals surface area contributed by atoms with Gasteiger partial charge in [-0.05, 0) is 37.3 Å². The molecule has 106 valence electrons. The fourth-order valence-corrected chi connectivity index (χ4v) is 3.15. The molecular formula is C18H23NO. The first-order valence-corrected chi connectivity index (χ1v) is 7.96. The van der Waals surface area contributed by atoms with E-state index in [1.165, 1.54) is 55.4 Å². The fraction of sp³-hybridized carbons (Fsp3) is 0.500. The van der Waals surface area contributed by atoms with Crippen LogP contribution >= 0.6 is 0 Å². The molecule has 1 heterocycles. The van der Waals surface area contributed by atoms with Gasteiger partial charge in [0.2, 0.25) is 0 Å². The number of benzene rings is 1. The summed E-state index contributed by atoms with van der Waals surface area (Å²) in [7, 11) is 0. The van der Waals surface area contributed by atoms with Crippen LogP contribution in [-0.4, -0.2) is 17.4 Å². The monoisotopic (exact) mass is 269 g/mol. The average Bonchev–Trinajstić information content (AvgIpc) is 2.68. The van der Waals surface area contributed by atoms with Gasteiger partial charge in [-0.1, -0.05) is 44.4 Å². The lowest BCUT2D eigenvalue weighted by molar-refractivity contribution is 0.0847. The molecule has 2 nitrogen and oxygen atoms in total. The van der Waals surface area contributed by atoms with Crippen LogP contribution in [0.4, 0.5) is 0 Å². The number of nitrogens with zero attached hydrogens (tertiary/aromatic N) is 1. The molecule has 0 atom stereocenters. The van der Waals surface area contributed by atoms with Gasteiger partial charge in [0.05, 0.1) is 5.70 Å². The Morgan fingerprint density at radius 3 is 2.45 bits per heavy atom. The molecule has 2 aliphatic rings. The highest BCUT2D eigenvalue weighted by atomic mass is 16.2. The molecule has 1 saturated carbocycles. The molecule has 1 amide bonds. The first kappa shape index (κ1) is 13.4. The SMILES string of the molecule is CCCCCCN1C(=O)c2ccccc2C1=C1CCC1. The van der Waals surface area contributed by atoms with Crippen molar-refractivity contribution < 1.29 is 4.79 Å². The molecule has 1 aromatic carbocycles. The maximum absolute atomic E-state index is 12.6. The maximum Gasteiger partial charge on any atom is 0.258 e. The number of rotatable bonds is 5. The van der Waals surface area contributed by atoms with Gasteiger partial charge in [0, 0.05) is 17.7 Å². The van der Waals surface area contributed by atoms with E-state index in [4.69, 9.17) is 0 Å². The van der Waals surface area contributed by atoms with Crippen LogP contribution in [0.2, 0.25) is 0 Å². The fourth-order valence-electron chi connectivity index (χ4n) is 3.15. The lowest BCUT2D eigenvalue weighted by Gasteiger charge is -2.26. The smallest absolute Gasteiger partial charge is 0.258 e. The molecule has 3 rings (SSSR count). The van der Waals surface area contributed by atoms with Crippen molar-refractivity contribution in [3.8, 4) is 0 Å². The Balaban J connectivity index is 1.84. The number of hydrogen-bond acceptors (Lipinski definition) is 1. The van der Waals surface area contributed by atoms with Crippen molar-refractivity contribution in [1.82, 2.24) is 4.90 Å². The highest BCUT2D eigenvalue weighted by Crippen LogP contribution is 2.41. The zero-order chi connectivity index (χ0) is 13.9. The van der Waals surface area contributed by atoms with E-state index >= 15 is 0 Å². The molecule has 2 heteroatoms. The first-order chi connectivity index (χ1) is 9.83. The maximum atomic E-state index is 12.6. The molecule has 0 aromatic heterocycles. The molecule has 0 saturated heterocycles. The summed E-state index contributed by atoms with van der Waals surface area (Å²) in [4.78, 5) is 14.7. The van der Waals surface area contributed by atoms with Crippen LogP contribution in [0.25, 0.3) is 5.70 Å². The zero-order valence-electron chi connectivity index (χ0n) is 12.3. The number of hydrogen-bond donors (Lipinski definition) is 0. The van der Waals surface area contributed by atoms with E-state index in [1.807, 2.05) is 18.2 Å². The van der Waals surface area contributed by atoms with Gasteiger partial charge in [-0.15, -0.1) is 0 Å². The Kier molecular flexibility index (Phi) is 3.90. The van der Waals surface area contributed by atoms with Gasteiger partial charge in [0.25, 0.3) is 5.91 Å². The van der Waals surface area contributed by atoms with Crippen LogP contribution in [0, 0.1) is 0 Å². The van der Waals surface area contributed by atoms with Crippen LogP contribution in [0.15, 0.2) is 29.8 Å². The summed E-state index contributed by atoms with van der Waals surface area (Å²) >= 11 is 0. The molecule has 0 N–H and O–H groups in total. The highest BCUT2D eigenvalue weighted by Gasteiger charge is 2.34. The number of carbonyl (C=O) groups is 1. The van der Waals surface area contributed by atoms with E-state index in [9.17, 15) is 4.79 Å². The minimum atomic E-state index is 0.214. The third-order valence-electron chi connectivity index (χ3n) is 4.45. The topological polar surface area (TPSA) is 20.3 Å². The van der Waals surface area contributed by atoms with Gasteiger partial charge < -0.3 is 4.90 Å². The Labute approximate surface area is 121 Å². The van der Waals surface area contributed by atoms with Crippen molar-refractivity contribution in [2.24, 2.45) is 0 Å².